The second kappa shape index (κ2) is 5.50. The van der Waals surface area contributed by atoms with Crippen LogP contribution in [0.15, 0.2) is 18.0 Å². The topological polar surface area (TPSA) is 29.9 Å². The predicted octanol–water partition coefficient (Wildman–Crippen LogP) is 3.26. The van der Waals surface area contributed by atoms with Gasteiger partial charge in [-0.3, -0.25) is 4.68 Å². The van der Waals surface area contributed by atoms with Crippen LogP contribution < -0.4 is 5.32 Å². The third-order valence-corrected chi connectivity index (χ3v) is 2.46. The summed E-state index contributed by atoms with van der Waals surface area (Å²) in [6, 6.07) is 0.421. The molecule has 0 atom stereocenters. The van der Waals surface area contributed by atoms with Gasteiger partial charge in [0, 0.05) is 29.9 Å². The highest BCUT2D eigenvalue weighted by atomic mass is 15.3. The number of hydrogen-bond donors (Lipinski definition) is 1. The van der Waals surface area contributed by atoms with E-state index in [9.17, 15) is 0 Å². The van der Waals surface area contributed by atoms with Gasteiger partial charge in [0.1, 0.15) is 0 Å². The minimum atomic E-state index is 0.164. The van der Waals surface area contributed by atoms with Gasteiger partial charge in [0.15, 0.2) is 0 Å². The second-order valence-corrected chi connectivity index (χ2v) is 5.94. The zero-order valence-electron chi connectivity index (χ0n) is 11.9. The van der Waals surface area contributed by atoms with Crippen LogP contribution in [-0.2, 0) is 0 Å². The summed E-state index contributed by atoms with van der Waals surface area (Å²) in [4.78, 5) is 0. The van der Waals surface area contributed by atoms with E-state index >= 15 is 0 Å². The highest BCUT2D eigenvalue weighted by Crippen LogP contribution is 2.09. The number of aromatic nitrogens is 2. The van der Waals surface area contributed by atoms with Gasteiger partial charge in [-0.15, -0.1) is 0 Å². The number of nitrogens with zero attached hydrogens (tertiary/aromatic N) is 2. The Balaban J connectivity index is 2.61. The van der Waals surface area contributed by atoms with Crippen LogP contribution in [0, 0.1) is 0 Å². The van der Waals surface area contributed by atoms with Crippen molar-refractivity contribution in [1.29, 1.82) is 0 Å². The van der Waals surface area contributed by atoms with Crippen LogP contribution in [0.4, 0.5) is 0 Å². The van der Waals surface area contributed by atoms with Crippen LogP contribution in [0.2, 0.25) is 0 Å². The maximum absolute atomic E-state index is 4.33. The first-order chi connectivity index (χ1) is 7.78. The SMILES string of the molecule is C/C(=C/c1cnn(C(C)C)c1)CNC(C)(C)C. The standard InChI is InChI=1S/C14H25N3/c1-11(2)17-10-13(9-16-17)7-12(3)8-15-14(4,5)6/h7,9-11,15H,8H2,1-6H3/b12-7-. The molecule has 0 aliphatic heterocycles. The summed E-state index contributed by atoms with van der Waals surface area (Å²) in [5.74, 6) is 0. The third kappa shape index (κ3) is 5.18. The first-order valence-electron chi connectivity index (χ1n) is 6.24. The molecule has 17 heavy (non-hydrogen) atoms. The maximum Gasteiger partial charge on any atom is 0.0562 e. The molecule has 0 fully saturated rings. The van der Waals surface area contributed by atoms with Crippen LogP contribution in [0.25, 0.3) is 6.08 Å². The lowest BCUT2D eigenvalue weighted by Gasteiger charge is -2.20. The number of rotatable bonds is 4. The highest BCUT2D eigenvalue weighted by Gasteiger charge is 2.08. The lowest BCUT2D eigenvalue weighted by atomic mass is 10.1. The molecule has 1 N–H and O–H groups in total. The fraction of sp³-hybridized carbons (Fsp3) is 0.643. The molecule has 0 saturated carbocycles. The van der Waals surface area contributed by atoms with Gasteiger partial charge in [0.2, 0.25) is 0 Å². The van der Waals surface area contributed by atoms with Crippen molar-refractivity contribution in [3.05, 3.63) is 23.5 Å². The molecule has 0 amide bonds. The Kier molecular flexibility index (Phi) is 4.52. The molecular formula is C14H25N3. The minimum Gasteiger partial charge on any atom is -0.308 e. The monoisotopic (exact) mass is 235 g/mol. The molecule has 0 radical (unpaired) electrons. The Labute approximate surface area is 105 Å². The first kappa shape index (κ1) is 14.0. The summed E-state index contributed by atoms with van der Waals surface area (Å²) < 4.78 is 1.98. The van der Waals surface area contributed by atoms with Crippen LogP contribution in [-0.4, -0.2) is 21.9 Å². The van der Waals surface area contributed by atoms with E-state index in [1.807, 2.05) is 10.9 Å². The summed E-state index contributed by atoms with van der Waals surface area (Å²) in [6.07, 6.45) is 6.19. The molecule has 0 saturated heterocycles. The lowest BCUT2D eigenvalue weighted by Crippen LogP contribution is -2.36. The molecule has 0 unspecified atom stereocenters. The van der Waals surface area contributed by atoms with E-state index in [0.29, 0.717) is 6.04 Å². The number of hydrogen-bond acceptors (Lipinski definition) is 2. The minimum absolute atomic E-state index is 0.164. The van der Waals surface area contributed by atoms with Crippen molar-refractivity contribution in [2.45, 2.75) is 53.1 Å². The van der Waals surface area contributed by atoms with E-state index in [0.717, 1.165) is 6.54 Å². The van der Waals surface area contributed by atoms with Crippen LogP contribution in [0.1, 0.15) is 53.1 Å². The van der Waals surface area contributed by atoms with Crippen molar-refractivity contribution < 1.29 is 0 Å². The van der Waals surface area contributed by atoms with Gasteiger partial charge in [-0.1, -0.05) is 11.6 Å². The molecule has 0 bridgehead atoms. The molecule has 0 spiro atoms. The molecule has 1 aromatic heterocycles. The first-order valence-corrected chi connectivity index (χ1v) is 6.24. The Morgan fingerprint density at radius 3 is 2.59 bits per heavy atom. The fourth-order valence-corrected chi connectivity index (χ4v) is 1.45. The van der Waals surface area contributed by atoms with Crippen molar-refractivity contribution in [2.75, 3.05) is 6.54 Å². The van der Waals surface area contributed by atoms with Crippen molar-refractivity contribution in [3.8, 4) is 0 Å². The van der Waals surface area contributed by atoms with Crippen molar-refractivity contribution in [1.82, 2.24) is 15.1 Å². The smallest absolute Gasteiger partial charge is 0.0562 e. The normalized spacial score (nSPS) is 13.5. The van der Waals surface area contributed by atoms with E-state index < -0.39 is 0 Å². The molecule has 3 heteroatoms. The molecule has 0 aliphatic rings. The second-order valence-electron chi connectivity index (χ2n) is 5.94. The molecule has 0 aliphatic carbocycles. The maximum atomic E-state index is 4.33. The van der Waals surface area contributed by atoms with Crippen molar-refractivity contribution >= 4 is 6.08 Å². The quantitative estimate of drug-likeness (QED) is 0.868. The van der Waals surface area contributed by atoms with E-state index in [-0.39, 0.29) is 5.54 Å². The van der Waals surface area contributed by atoms with Gasteiger partial charge in [-0.05, 0) is 41.5 Å². The summed E-state index contributed by atoms with van der Waals surface area (Å²) in [7, 11) is 0. The molecule has 1 heterocycles. The van der Waals surface area contributed by atoms with E-state index in [2.05, 4.69) is 64.2 Å². The molecule has 3 nitrogen and oxygen atoms in total. The summed E-state index contributed by atoms with van der Waals surface area (Å²) in [5, 5.41) is 7.81. The van der Waals surface area contributed by atoms with Gasteiger partial charge in [0.25, 0.3) is 0 Å². The largest absolute Gasteiger partial charge is 0.308 e. The molecular weight excluding hydrogens is 210 g/mol. The van der Waals surface area contributed by atoms with Gasteiger partial charge in [-0.25, -0.2) is 0 Å². The fourth-order valence-electron chi connectivity index (χ4n) is 1.45. The highest BCUT2D eigenvalue weighted by molar-refractivity contribution is 5.50. The molecule has 0 aromatic carbocycles. The Morgan fingerprint density at radius 2 is 2.12 bits per heavy atom. The van der Waals surface area contributed by atoms with Crippen LogP contribution in [0.5, 0.6) is 0 Å². The zero-order chi connectivity index (χ0) is 13.1. The third-order valence-electron chi connectivity index (χ3n) is 2.46. The van der Waals surface area contributed by atoms with E-state index in [1.165, 1.54) is 11.1 Å². The molecule has 1 rings (SSSR count). The van der Waals surface area contributed by atoms with Gasteiger partial charge >= 0.3 is 0 Å². The summed E-state index contributed by atoms with van der Waals surface area (Å²) in [5.41, 5.74) is 2.66. The zero-order valence-corrected chi connectivity index (χ0v) is 11.9. The van der Waals surface area contributed by atoms with Crippen molar-refractivity contribution in [3.63, 3.8) is 0 Å². The molecule has 96 valence electrons. The average molecular weight is 235 g/mol. The molecule has 1 aromatic rings. The summed E-state index contributed by atoms with van der Waals surface area (Å²) >= 11 is 0. The van der Waals surface area contributed by atoms with Gasteiger partial charge < -0.3 is 5.32 Å². The van der Waals surface area contributed by atoms with E-state index in [4.69, 9.17) is 0 Å². The summed E-state index contributed by atoms with van der Waals surface area (Å²) in [6.45, 7) is 13.9. The Hall–Kier alpha value is -1.09. The average Bonchev–Trinajstić information content (AvgIpc) is 2.62. The lowest BCUT2D eigenvalue weighted by molar-refractivity contribution is 0.445. The van der Waals surface area contributed by atoms with E-state index in [1.54, 1.807) is 0 Å². The van der Waals surface area contributed by atoms with Crippen LogP contribution in [0.3, 0.4) is 0 Å². The van der Waals surface area contributed by atoms with Crippen molar-refractivity contribution in [2.24, 2.45) is 0 Å². The predicted molar refractivity (Wildman–Crippen MR) is 74.0 cm³/mol. The van der Waals surface area contributed by atoms with Gasteiger partial charge in [-0.2, -0.15) is 5.10 Å². The Morgan fingerprint density at radius 1 is 1.47 bits per heavy atom. The van der Waals surface area contributed by atoms with Gasteiger partial charge in [0.05, 0.1) is 6.20 Å². The van der Waals surface area contributed by atoms with Crippen LogP contribution >= 0.6 is 0 Å². The number of nitrogens with one attached hydrogen (secondary N) is 1. The Bertz CT molecular complexity index is 380.